The van der Waals surface area contributed by atoms with Crippen LogP contribution in [0.15, 0.2) is 30.3 Å². The van der Waals surface area contributed by atoms with E-state index in [0.717, 1.165) is 5.56 Å². The molecule has 0 aromatic heterocycles. The number of ether oxygens (including phenoxy) is 2. The largest absolute Gasteiger partial charge is 0.467 e. The fourth-order valence-electron chi connectivity index (χ4n) is 2.25. The minimum atomic E-state index is -1.07. The van der Waals surface area contributed by atoms with Gasteiger partial charge in [0, 0.05) is 13.0 Å². The molecule has 3 N–H and O–H groups in total. The van der Waals surface area contributed by atoms with Crippen LogP contribution in [0.1, 0.15) is 12.0 Å². The number of hydrogen-bond donors (Lipinski definition) is 2. The molecule has 2 atom stereocenters. The first-order valence-corrected chi connectivity index (χ1v) is 6.84. The lowest BCUT2D eigenvalue weighted by molar-refractivity contribution is -0.145. The Balaban J connectivity index is 2.06. The Morgan fingerprint density at radius 3 is 2.71 bits per heavy atom. The van der Waals surface area contributed by atoms with E-state index in [1.54, 1.807) is 0 Å². The smallest absolute Gasteiger partial charge is 0.328 e. The summed E-state index contributed by atoms with van der Waals surface area (Å²) in [5, 5.41) is 2.68. The van der Waals surface area contributed by atoms with Gasteiger partial charge in [0.05, 0.1) is 13.7 Å². The molecular weight excluding hydrogens is 272 g/mol. The maximum atomic E-state index is 12.3. The van der Waals surface area contributed by atoms with Crippen LogP contribution in [0.3, 0.4) is 0 Å². The summed E-state index contributed by atoms with van der Waals surface area (Å²) in [5.41, 5.74) is 5.86. The Morgan fingerprint density at radius 1 is 1.43 bits per heavy atom. The lowest BCUT2D eigenvalue weighted by atomic mass is 9.97. The van der Waals surface area contributed by atoms with Gasteiger partial charge in [0.25, 0.3) is 0 Å². The minimum Gasteiger partial charge on any atom is -0.467 e. The lowest BCUT2D eigenvalue weighted by Crippen LogP contribution is -2.58. The van der Waals surface area contributed by atoms with E-state index in [0.29, 0.717) is 19.4 Å². The second-order valence-corrected chi connectivity index (χ2v) is 5.20. The molecule has 1 aliphatic heterocycles. The van der Waals surface area contributed by atoms with Crippen LogP contribution in [0.25, 0.3) is 0 Å². The standard InChI is InChI=1S/C15H20N2O4/c1-20-13(18)12(9-11-5-3-2-4-6-11)17-14(19)15(16)7-8-21-10-15/h2-6,12H,7-10,16H2,1H3,(H,17,19). The highest BCUT2D eigenvalue weighted by Gasteiger charge is 2.40. The molecule has 1 saturated heterocycles. The second kappa shape index (κ2) is 6.69. The van der Waals surface area contributed by atoms with Gasteiger partial charge in [-0.1, -0.05) is 30.3 Å². The number of nitrogens with two attached hydrogens (primary N) is 1. The van der Waals surface area contributed by atoms with Crippen LogP contribution in [-0.4, -0.2) is 43.8 Å². The molecule has 2 unspecified atom stereocenters. The first-order chi connectivity index (χ1) is 10.0. The van der Waals surface area contributed by atoms with Crippen LogP contribution in [0, 0.1) is 0 Å². The molecule has 1 aromatic rings. The van der Waals surface area contributed by atoms with Crippen LogP contribution in [0.4, 0.5) is 0 Å². The molecule has 1 heterocycles. The topological polar surface area (TPSA) is 90.7 Å². The van der Waals surface area contributed by atoms with Crippen molar-refractivity contribution in [3.63, 3.8) is 0 Å². The molecule has 0 saturated carbocycles. The SMILES string of the molecule is COC(=O)C(Cc1ccccc1)NC(=O)C1(N)CCOC1. The third-order valence-electron chi connectivity index (χ3n) is 3.58. The number of carbonyl (C=O) groups is 2. The van der Waals surface area contributed by atoms with Crippen LogP contribution in [0.2, 0.25) is 0 Å². The normalized spacial score (nSPS) is 22.6. The molecular formula is C15H20N2O4. The Bertz CT molecular complexity index is 498. The monoisotopic (exact) mass is 292 g/mol. The van der Waals surface area contributed by atoms with Crippen molar-refractivity contribution in [1.29, 1.82) is 0 Å². The zero-order valence-electron chi connectivity index (χ0n) is 12.0. The molecule has 6 nitrogen and oxygen atoms in total. The van der Waals surface area contributed by atoms with E-state index in [9.17, 15) is 9.59 Å². The molecule has 1 amide bonds. The molecule has 2 rings (SSSR count). The number of benzene rings is 1. The van der Waals surface area contributed by atoms with Gasteiger partial charge < -0.3 is 20.5 Å². The number of carbonyl (C=O) groups excluding carboxylic acids is 2. The predicted molar refractivity (Wildman–Crippen MR) is 76.4 cm³/mol. The number of esters is 1. The van der Waals surface area contributed by atoms with Crippen LogP contribution >= 0.6 is 0 Å². The van der Waals surface area contributed by atoms with Gasteiger partial charge in [-0.25, -0.2) is 4.79 Å². The maximum absolute atomic E-state index is 12.3. The van der Waals surface area contributed by atoms with E-state index in [-0.39, 0.29) is 12.5 Å². The van der Waals surface area contributed by atoms with Gasteiger partial charge in [0.15, 0.2) is 0 Å². The first-order valence-electron chi connectivity index (χ1n) is 6.84. The third-order valence-corrected chi connectivity index (χ3v) is 3.58. The van der Waals surface area contributed by atoms with Gasteiger partial charge in [0.2, 0.25) is 5.91 Å². The Labute approximate surface area is 123 Å². The summed E-state index contributed by atoms with van der Waals surface area (Å²) in [7, 11) is 1.30. The van der Waals surface area contributed by atoms with Gasteiger partial charge in [0.1, 0.15) is 11.6 Å². The van der Waals surface area contributed by atoms with Gasteiger partial charge in [-0.15, -0.1) is 0 Å². The highest BCUT2D eigenvalue weighted by molar-refractivity contribution is 5.90. The number of hydrogen-bond acceptors (Lipinski definition) is 5. The Morgan fingerprint density at radius 2 is 2.14 bits per heavy atom. The van der Waals surface area contributed by atoms with Crippen molar-refractivity contribution in [3.8, 4) is 0 Å². The Kier molecular flexibility index (Phi) is 4.93. The first kappa shape index (κ1) is 15.5. The van der Waals surface area contributed by atoms with Crippen molar-refractivity contribution < 1.29 is 19.1 Å². The molecule has 1 aliphatic rings. The highest BCUT2D eigenvalue weighted by atomic mass is 16.5. The molecule has 0 spiro atoms. The van der Waals surface area contributed by atoms with E-state index < -0.39 is 17.6 Å². The number of amides is 1. The number of rotatable bonds is 5. The average Bonchev–Trinajstić information content (AvgIpc) is 2.95. The van der Waals surface area contributed by atoms with Gasteiger partial charge >= 0.3 is 5.97 Å². The fraction of sp³-hybridized carbons (Fsp3) is 0.467. The van der Waals surface area contributed by atoms with Gasteiger partial charge in [-0.2, -0.15) is 0 Å². The summed E-state index contributed by atoms with van der Waals surface area (Å²) in [4.78, 5) is 24.1. The average molecular weight is 292 g/mol. The lowest BCUT2D eigenvalue weighted by Gasteiger charge is -2.24. The van der Waals surface area contributed by atoms with E-state index in [4.69, 9.17) is 15.2 Å². The molecule has 1 fully saturated rings. The van der Waals surface area contributed by atoms with Crippen molar-refractivity contribution in [2.45, 2.75) is 24.4 Å². The van der Waals surface area contributed by atoms with E-state index in [2.05, 4.69) is 5.32 Å². The summed E-state index contributed by atoms with van der Waals surface area (Å²) in [6.07, 6.45) is 0.800. The molecule has 6 heteroatoms. The summed E-state index contributed by atoms with van der Waals surface area (Å²) >= 11 is 0. The number of methoxy groups -OCH3 is 1. The van der Waals surface area contributed by atoms with Crippen molar-refractivity contribution in [2.75, 3.05) is 20.3 Å². The van der Waals surface area contributed by atoms with Crippen LogP contribution in [-0.2, 0) is 25.5 Å². The summed E-state index contributed by atoms with van der Waals surface area (Å²) < 4.78 is 9.92. The molecule has 21 heavy (non-hydrogen) atoms. The predicted octanol–water partition coefficient (Wildman–Crippen LogP) is 0.00470. The molecule has 1 aromatic carbocycles. The third kappa shape index (κ3) is 3.80. The van der Waals surface area contributed by atoms with E-state index in [1.165, 1.54) is 7.11 Å². The zero-order valence-corrected chi connectivity index (χ0v) is 12.0. The van der Waals surface area contributed by atoms with Crippen molar-refractivity contribution in [3.05, 3.63) is 35.9 Å². The quantitative estimate of drug-likeness (QED) is 0.746. The summed E-state index contributed by atoms with van der Waals surface area (Å²) in [5.74, 6) is -0.874. The van der Waals surface area contributed by atoms with E-state index in [1.807, 2.05) is 30.3 Å². The highest BCUT2D eigenvalue weighted by Crippen LogP contribution is 2.16. The van der Waals surface area contributed by atoms with Crippen molar-refractivity contribution in [1.82, 2.24) is 5.32 Å². The second-order valence-electron chi connectivity index (χ2n) is 5.20. The molecule has 0 aliphatic carbocycles. The van der Waals surface area contributed by atoms with Gasteiger partial charge in [-0.05, 0) is 12.0 Å². The van der Waals surface area contributed by atoms with Crippen LogP contribution in [0.5, 0.6) is 0 Å². The van der Waals surface area contributed by atoms with Crippen molar-refractivity contribution in [2.24, 2.45) is 5.73 Å². The summed E-state index contributed by atoms with van der Waals surface area (Å²) in [6.45, 7) is 0.615. The van der Waals surface area contributed by atoms with E-state index >= 15 is 0 Å². The zero-order chi connectivity index (χ0) is 15.3. The Hall–Kier alpha value is -1.92. The van der Waals surface area contributed by atoms with Crippen LogP contribution < -0.4 is 11.1 Å². The minimum absolute atomic E-state index is 0.165. The van der Waals surface area contributed by atoms with Gasteiger partial charge in [-0.3, -0.25) is 4.79 Å². The molecule has 0 radical (unpaired) electrons. The molecule has 114 valence electrons. The fourth-order valence-corrected chi connectivity index (χ4v) is 2.25. The number of nitrogens with one attached hydrogen (secondary N) is 1. The summed E-state index contributed by atoms with van der Waals surface area (Å²) in [6, 6.07) is 8.66. The van der Waals surface area contributed by atoms with Crippen molar-refractivity contribution >= 4 is 11.9 Å². The molecule has 0 bridgehead atoms. The maximum Gasteiger partial charge on any atom is 0.328 e.